The van der Waals surface area contributed by atoms with E-state index in [-0.39, 0.29) is 24.8 Å². The summed E-state index contributed by atoms with van der Waals surface area (Å²) < 4.78 is 0. The van der Waals surface area contributed by atoms with Crippen LogP contribution < -0.4 is 11.5 Å². The van der Waals surface area contributed by atoms with E-state index in [1.165, 1.54) is 0 Å². The Bertz CT molecular complexity index is 389. The van der Waals surface area contributed by atoms with Gasteiger partial charge in [0.2, 0.25) is 0 Å². The molecule has 0 radical (unpaired) electrons. The molecule has 0 unspecified atom stereocenters. The molecule has 76 valence electrons. The van der Waals surface area contributed by atoms with E-state index in [0.29, 0.717) is 0 Å². The average molecular weight is 231 g/mol. The van der Waals surface area contributed by atoms with E-state index in [0.717, 1.165) is 22.1 Å². The molecule has 0 amide bonds. The lowest BCUT2D eigenvalue weighted by Gasteiger charge is -2.03. The van der Waals surface area contributed by atoms with Crippen molar-refractivity contribution in [1.82, 2.24) is 0 Å². The zero-order valence-corrected chi connectivity index (χ0v) is 9.07. The normalized spacial score (nSPS) is 8.86. The van der Waals surface area contributed by atoms with Crippen molar-refractivity contribution in [3.8, 4) is 0 Å². The van der Waals surface area contributed by atoms with Crippen LogP contribution >= 0.6 is 24.8 Å². The van der Waals surface area contributed by atoms with Crippen molar-refractivity contribution in [3.63, 3.8) is 0 Å². The van der Waals surface area contributed by atoms with Crippen molar-refractivity contribution >= 4 is 47.0 Å². The van der Waals surface area contributed by atoms with Gasteiger partial charge in [-0.05, 0) is 12.1 Å². The van der Waals surface area contributed by atoms with Crippen LogP contribution in [0.5, 0.6) is 0 Å². The van der Waals surface area contributed by atoms with E-state index < -0.39 is 0 Å². The first-order valence-corrected chi connectivity index (χ1v) is 3.82. The van der Waals surface area contributed by atoms with Crippen LogP contribution in [-0.4, -0.2) is 0 Å². The number of halogens is 2. The fourth-order valence-electron chi connectivity index (χ4n) is 1.35. The summed E-state index contributed by atoms with van der Waals surface area (Å²) in [6, 6.07) is 11.5. The summed E-state index contributed by atoms with van der Waals surface area (Å²) in [5.74, 6) is 0. The smallest absolute Gasteiger partial charge is 0.0395 e. The van der Waals surface area contributed by atoms with Crippen LogP contribution in [0.4, 0.5) is 11.4 Å². The Hall–Kier alpha value is -1.12. The van der Waals surface area contributed by atoms with Crippen molar-refractivity contribution in [2.45, 2.75) is 0 Å². The maximum absolute atomic E-state index is 5.77. The third-order valence-electron chi connectivity index (χ3n) is 1.99. The van der Waals surface area contributed by atoms with Gasteiger partial charge in [-0.15, -0.1) is 24.8 Å². The third-order valence-corrected chi connectivity index (χ3v) is 1.99. The highest BCUT2D eigenvalue weighted by Gasteiger charge is 1.98. The minimum absolute atomic E-state index is 0. The molecule has 0 aliphatic carbocycles. The van der Waals surface area contributed by atoms with E-state index in [1.807, 2.05) is 36.4 Å². The Morgan fingerprint density at radius 3 is 1.36 bits per heavy atom. The summed E-state index contributed by atoms with van der Waals surface area (Å²) in [6.45, 7) is 0. The van der Waals surface area contributed by atoms with E-state index in [9.17, 15) is 0 Å². The van der Waals surface area contributed by atoms with Crippen LogP contribution in [-0.2, 0) is 0 Å². The highest BCUT2D eigenvalue weighted by molar-refractivity contribution is 6.00. The Morgan fingerprint density at radius 1 is 0.643 bits per heavy atom. The lowest BCUT2D eigenvalue weighted by atomic mass is 10.1. The molecular formula is C10H12Cl2N2. The molecule has 0 aliphatic heterocycles. The van der Waals surface area contributed by atoms with Crippen LogP contribution in [0.1, 0.15) is 0 Å². The summed E-state index contributed by atoms with van der Waals surface area (Å²) in [4.78, 5) is 0. The lowest BCUT2D eigenvalue weighted by Crippen LogP contribution is -1.91. The highest BCUT2D eigenvalue weighted by Crippen LogP contribution is 2.25. The number of nitrogen functional groups attached to an aromatic ring is 2. The number of hydrogen-bond donors (Lipinski definition) is 2. The molecule has 0 saturated heterocycles. The number of anilines is 2. The van der Waals surface area contributed by atoms with Crippen LogP contribution in [0.15, 0.2) is 36.4 Å². The van der Waals surface area contributed by atoms with Crippen molar-refractivity contribution < 1.29 is 0 Å². The fraction of sp³-hybridized carbons (Fsp3) is 0. The maximum atomic E-state index is 5.77. The van der Waals surface area contributed by atoms with Crippen molar-refractivity contribution in [3.05, 3.63) is 36.4 Å². The van der Waals surface area contributed by atoms with Gasteiger partial charge < -0.3 is 11.5 Å². The summed E-state index contributed by atoms with van der Waals surface area (Å²) in [6.07, 6.45) is 0. The molecule has 0 aliphatic rings. The molecule has 0 bridgehead atoms. The minimum atomic E-state index is 0. The maximum Gasteiger partial charge on any atom is 0.0395 e. The standard InChI is InChI=1S/C10H10N2.2ClH/c11-9-5-6-10(12)8-4-2-1-3-7(8)9;;/h1-6H,11-12H2;2*1H. The molecule has 0 fully saturated rings. The van der Waals surface area contributed by atoms with Crippen LogP contribution in [0.3, 0.4) is 0 Å². The Morgan fingerprint density at radius 2 is 1.00 bits per heavy atom. The molecule has 0 atom stereocenters. The first-order chi connectivity index (χ1) is 5.79. The Kier molecular flexibility index (Phi) is 4.54. The van der Waals surface area contributed by atoms with E-state index >= 15 is 0 Å². The van der Waals surface area contributed by atoms with Crippen molar-refractivity contribution in [2.24, 2.45) is 0 Å². The number of rotatable bonds is 0. The Labute approximate surface area is 95.1 Å². The number of fused-ring (bicyclic) bond motifs is 1. The first-order valence-electron chi connectivity index (χ1n) is 3.82. The first kappa shape index (κ1) is 12.9. The highest BCUT2D eigenvalue weighted by atomic mass is 35.5. The molecule has 2 nitrogen and oxygen atoms in total. The average Bonchev–Trinajstić information content (AvgIpc) is 2.12. The predicted octanol–water partition coefficient (Wildman–Crippen LogP) is 2.85. The van der Waals surface area contributed by atoms with Gasteiger partial charge in [0.15, 0.2) is 0 Å². The predicted molar refractivity (Wildman–Crippen MR) is 67.3 cm³/mol. The molecule has 14 heavy (non-hydrogen) atoms. The van der Waals surface area contributed by atoms with E-state index in [1.54, 1.807) is 0 Å². The molecule has 0 spiro atoms. The molecule has 0 heterocycles. The van der Waals surface area contributed by atoms with E-state index in [2.05, 4.69) is 0 Å². The van der Waals surface area contributed by atoms with Gasteiger partial charge in [0.25, 0.3) is 0 Å². The van der Waals surface area contributed by atoms with Crippen LogP contribution in [0, 0.1) is 0 Å². The largest absolute Gasteiger partial charge is 0.398 e. The van der Waals surface area contributed by atoms with Gasteiger partial charge in [0.1, 0.15) is 0 Å². The van der Waals surface area contributed by atoms with Crippen LogP contribution in [0.25, 0.3) is 10.8 Å². The molecule has 0 saturated carbocycles. The zero-order chi connectivity index (χ0) is 8.55. The number of nitrogens with two attached hydrogens (primary N) is 2. The van der Waals surface area contributed by atoms with Crippen molar-refractivity contribution in [1.29, 1.82) is 0 Å². The minimum Gasteiger partial charge on any atom is -0.398 e. The SMILES string of the molecule is Cl.Cl.Nc1ccc(N)c2ccccc12. The van der Waals surface area contributed by atoms with Gasteiger partial charge in [-0.2, -0.15) is 0 Å². The Balaban J connectivity index is 0.000000845. The molecule has 2 aromatic rings. The second-order valence-corrected chi connectivity index (χ2v) is 2.79. The third kappa shape index (κ3) is 2.03. The molecule has 4 heteroatoms. The second-order valence-electron chi connectivity index (χ2n) is 2.79. The van der Waals surface area contributed by atoms with Gasteiger partial charge in [-0.3, -0.25) is 0 Å². The number of hydrogen-bond acceptors (Lipinski definition) is 2. The second kappa shape index (κ2) is 4.94. The van der Waals surface area contributed by atoms with Gasteiger partial charge in [0.05, 0.1) is 0 Å². The zero-order valence-electron chi connectivity index (χ0n) is 7.44. The summed E-state index contributed by atoms with van der Waals surface area (Å²) in [5, 5.41) is 2.05. The monoisotopic (exact) mass is 230 g/mol. The molecular weight excluding hydrogens is 219 g/mol. The molecule has 0 aromatic heterocycles. The van der Waals surface area contributed by atoms with Gasteiger partial charge in [0, 0.05) is 22.1 Å². The molecule has 4 N–H and O–H groups in total. The summed E-state index contributed by atoms with van der Waals surface area (Å²) in [5.41, 5.74) is 13.1. The lowest BCUT2D eigenvalue weighted by molar-refractivity contribution is 1.71. The molecule has 2 rings (SSSR count). The summed E-state index contributed by atoms with van der Waals surface area (Å²) >= 11 is 0. The van der Waals surface area contributed by atoms with Crippen molar-refractivity contribution in [2.75, 3.05) is 11.5 Å². The quantitative estimate of drug-likeness (QED) is 0.685. The van der Waals surface area contributed by atoms with Crippen LogP contribution in [0.2, 0.25) is 0 Å². The fourth-order valence-corrected chi connectivity index (χ4v) is 1.35. The van der Waals surface area contributed by atoms with Gasteiger partial charge in [-0.1, -0.05) is 24.3 Å². The molecule has 2 aromatic carbocycles. The summed E-state index contributed by atoms with van der Waals surface area (Å²) in [7, 11) is 0. The van der Waals surface area contributed by atoms with Gasteiger partial charge >= 0.3 is 0 Å². The van der Waals surface area contributed by atoms with E-state index in [4.69, 9.17) is 11.5 Å². The topological polar surface area (TPSA) is 52.0 Å². The number of benzene rings is 2. The van der Waals surface area contributed by atoms with Gasteiger partial charge in [-0.25, -0.2) is 0 Å².